The molecule has 6 aromatic rings. The Bertz CT molecular complexity index is 1960. The molecule has 0 fully saturated rings. The van der Waals surface area contributed by atoms with E-state index in [1.165, 1.54) is 7.11 Å². The molecule has 0 spiro atoms. The number of halogens is 3. The minimum atomic E-state index is -1.89. The summed E-state index contributed by atoms with van der Waals surface area (Å²) in [6, 6.07) is 22.4. The summed E-state index contributed by atoms with van der Waals surface area (Å²) in [6.07, 6.45) is 2.17. The molecule has 234 valence electrons. The minimum Gasteiger partial charge on any atom is -0.464 e. The fraction of sp³-hybridized carbons (Fsp3) is 0.235. The molecule has 0 bridgehead atoms. The maximum Gasteiger partial charge on any atom is 0.230 e. The highest BCUT2D eigenvalue weighted by Crippen LogP contribution is 2.39. The van der Waals surface area contributed by atoms with Gasteiger partial charge in [-0.3, -0.25) is 4.79 Å². The first-order valence-corrected chi connectivity index (χ1v) is 18.3. The zero-order chi connectivity index (χ0) is 32.1. The van der Waals surface area contributed by atoms with Gasteiger partial charge in [0.1, 0.15) is 8.07 Å². The minimum absolute atomic E-state index is 0.0390. The van der Waals surface area contributed by atoms with Crippen molar-refractivity contribution in [2.24, 2.45) is 0 Å². The highest BCUT2D eigenvalue weighted by Gasteiger charge is 2.38. The molecule has 0 saturated carbocycles. The van der Waals surface area contributed by atoms with Gasteiger partial charge in [0, 0.05) is 47.0 Å². The molecule has 0 aliphatic heterocycles. The molecule has 45 heavy (non-hydrogen) atoms. The number of pyridine rings is 2. The summed E-state index contributed by atoms with van der Waals surface area (Å²) >= 11 is 2.00. The second-order valence-corrected chi connectivity index (χ2v) is 16.6. The number of nitrogens with one attached hydrogen (secondary N) is 1. The lowest BCUT2D eigenvalue weighted by molar-refractivity contribution is 0.0494. The third-order valence-corrected chi connectivity index (χ3v) is 14.4. The van der Waals surface area contributed by atoms with Gasteiger partial charge in [0.2, 0.25) is 16.9 Å². The van der Waals surface area contributed by atoms with Gasteiger partial charge in [-0.1, -0.05) is 99.6 Å². The molecule has 0 aliphatic rings. The molecular formula is C34H33F2IN2O5Si. The Balaban J connectivity index is 0.000000192. The zero-order valence-corrected chi connectivity index (χ0v) is 28.5. The van der Waals surface area contributed by atoms with Gasteiger partial charge in [0.15, 0.2) is 27.9 Å². The van der Waals surface area contributed by atoms with Crippen LogP contribution in [0.15, 0.2) is 86.7 Å². The standard InChI is InChI=1S/C21H26FNO3Si.C13H7FINO2/c1-5-27(6-2,7-3)21-17(15-11-9-8-10-12-15)18-19(25-14-24-4)16(22)13-23-20(18)26-21;14-8-6-16-13-10(11(8)17)9(12(15)18-13)7-4-2-1-3-5-7/h8-13H,5-7,14H2,1-4H3;1-6H,(H,16,17). The number of furan rings is 2. The lowest BCUT2D eigenvalue weighted by Gasteiger charge is -2.26. The number of rotatable bonds is 9. The van der Waals surface area contributed by atoms with Gasteiger partial charge in [-0.15, -0.1) is 0 Å². The number of hydrogen-bond acceptors (Lipinski definition) is 6. The Morgan fingerprint density at radius 1 is 0.867 bits per heavy atom. The second kappa shape index (κ2) is 14.1. The van der Waals surface area contributed by atoms with E-state index >= 15 is 0 Å². The molecule has 1 N–H and O–H groups in total. The smallest absolute Gasteiger partial charge is 0.230 e. The summed E-state index contributed by atoms with van der Waals surface area (Å²) in [4.78, 5) is 18.8. The van der Waals surface area contributed by atoms with Crippen LogP contribution >= 0.6 is 22.6 Å². The van der Waals surface area contributed by atoms with E-state index in [1.807, 2.05) is 83.3 Å². The van der Waals surface area contributed by atoms with Crippen LogP contribution in [0.4, 0.5) is 8.78 Å². The molecule has 0 radical (unpaired) electrons. The van der Waals surface area contributed by atoms with Crippen molar-refractivity contribution >= 4 is 58.2 Å². The van der Waals surface area contributed by atoms with Gasteiger partial charge < -0.3 is 23.3 Å². The van der Waals surface area contributed by atoms with E-state index in [0.29, 0.717) is 26.1 Å². The van der Waals surface area contributed by atoms with Crippen molar-refractivity contribution in [1.82, 2.24) is 9.97 Å². The lowest BCUT2D eigenvalue weighted by atomic mass is 10.1. The molecule has 4 aromatic heterocycles. The number of nitrogens with zero attached hydrogens (tertiary/aromatic N) is 1. The molecular weight excluding hydrogens is 709 g/mol. The van der Waals surface area contributed by atoms with E-state index in [1.54, 1.807) is 0 Å². The largest absolute Gasteiger partial charge is 0.464 e. The predicted molar refractivity (Wildman–Crippen MR) is 184 cm³/mol. The van der Waals surface area contributed by atoms with Crippen LogP contribution in [0.2, 0.25) is 18.1 Å². The van der Waals surface area contributed by atoms with Crippen LogP contribution in [0, 0.1) is 15.4 Å². The van der Waals surface area contributed by atoms with Crippen molar-refractivity contribution in [2.45, 2.75) is 38.9 Å². The first kappa shape index (κ1) is 32.6. The van der Waals surface area contributed by atoms with Crippen LogP contribution < -0.4 is 15.5 Å². The molecule has 0 aliphatic carbocycles. The predicted octanol–water partition coefficient (Wildman–Crippen LogP) is 8.86. The number of hydrogen-bond donors (Lipinski definition) is 1. The summed E-state index contributed by atoms with van der Waals surface area (Å²) in [5.74, 6) is -1.18. The molecule has 7 nitrogen and oxygen atoms in total. The Kier molecular flexibility index (Phi) is 10.2. The van der Waals surface area contributed by atoms with Crippen molar-refractivity contribution in [3.63, 3.8) is 0 Å². The van der Waals surface area contributed by atoms with Gasteiger partial charge >= 0.3 is 0 Å². The van der Waals surface area contributed by atoms with Gasteiger partial charge in [0.25, 0.3) is 0 Å². The highest BCUT2D eigenvalue weighted by molar-refractivity contribution is 14.1. The summed E-state index contributed by atoms with van der Waals surface area (Å²) in [5, 5.41) is 1.84. The lowest BCUT2D eigenvalue weighted by Crippen LogP contribution is -2.45. The number of H-pyrrole nitrogens is 1. The van der Waals surface area contributed by atoms with Crippen LogP contribution in [-0.2, 0) is 4.74 Å². The number of fused-ring (bicyclic) bond motifs is 2. The van der Waals surface area contributed by atoms with E-state index in [0.717, 1.165) is 52.6 Å². The number of aromatic nitrogens is 2. The van der Waals surface area contributed by atoms with Crippen molar-refractivity contribution in [3.8, 4) is 28.0 Å². The monoisotopic (exact) mass is 742 g/mol. The fourth-order valence-electron chi connectivity index (χ4n) is 5.66. The maximum absolute atomic E-state index is 14.6. The molecule has 11 heteroatoms. The van der Waals surface area contributed by atoms with Crippen molar-refractivity contribution in [3.05, 3.63) is 98.7 Å². The topological polar surface area (TPSA) is 90.5 Å². The molecule has 4 heterocycles. The average molecular weight is 743 g/mol. The molecule has 6 rings (SSSR count). The van der Waals surface area contributed by atoms with Gasteiger partial charge in [-0.25, -0.2) is 13.8 Å². The SMILES string of the molecule is CC[Si](CC)(CC)c1oc2ncc(F)c(OCOC)c2c1-c1ccccc1.O=c1c(F)c[nH]c2oc(I)c(-c3ccccc3)c12. The molecule has 0 amide bonds. The quantitative estimate of drug-likeness (QED) is 0.0905. The first-order chi connectivity index (χ1) is 21.8. The van der Waals surface area contributed by atoms with Gasteiger partial charge in [-0.05, 0) is 11.1 Å². The number of ether oxygens (including phenoxy) is 2. The summed E-state index contributed by atoms with van der Waals surface area (Å²) in [5.41, 5.74) is 3.44. The van der Waals surface area contributed by atoms with E-state index in [4.69, 9.17) is 18.3 Å². The third kappa shape index (κ3) is 6.20. The van der Waals surface area contributed by atoms with Crippen LogP contribution in [0.3, 0.4) is 0 Å². The van der Waals surface area contributed by atoms with E-state index < -0.39 is 25.1 Å². The van der Waals surface area contributed by atoms with Crippen LogP contribution in [0.5, 0.6) is 5.75 Å². The highest BCUT2D eigenvalue weighted by atomic mass is 127. The van der Waals surface area contributed by atoms with E-state index in [9.17, 15) is 13.6 Å². The number of methoxy groups -OCH3 is 1. The molecule has 2 aromatic carbocycles. The summed E-state index contributed by atoms with van der Waals surface area (Å²) < 4.78 is 50.9. The maximum atomic E-state index is 14.6. The fourth-order valence-corrected chi connectivity index (χ4v) is 10.0. The number of aromatic amines is 1. The number of benzene rings is 2. The summed E-state index contributed by atoms with van der Waals surface area (Å²) in [7, 11) is -0.379. The van der Waals surface area contributed by atoms with E-state index in [2.05, 4.69) is 30.7 Å². The Hall–Kier alpha value is -3.81. The van der Waals surface area contributed by atoms with Crippen molar-refractivity contribution in [2.75, 3.05) is 13.9 Å². The first-order valence-electron chi connectivity index (χ1n) is 14.6. The molecule has 0 unspecified atom stereocenters. The Morgan fingerprint density at radius 3 is 2.04 bits per heavy atom. The van der Waals surface area contributed by atoms with Crippen LogP contribution in [0.25, 0.3) is 44.5 Å². The Labute approximate surface area is 273 Å². The van der Waals surface area contributed by atoms with E-state index in [-0.39, 0.29) is 17.9 Å². The van der Waals surface area contributed by atoms with Crippen LogP contribution in [-0.4, -0.2) is 31.9 Å². The van der Waals surface area contributed by atoms with Crippen molar-refractivity contribution in [1.29, 1.82) is 0 Å². The molecule has 0 saturated heterocycles. The summed E-state index contributed by atoms with van der Waals surface area (Å²) in [6.45, 7) is 6.62. The zero-order valence-electron chi connectivity index (χ0n) is 25.4. The Morgan fingerprint density at radius 2 is 1.47 bits per heavy atom. The second-order valence-electron chi connectivity index (χ2n) is 10.5. The van der Waals surface area contributed by atoms with Gasteiger partial charge in [-0.2, -0.15) is 0 Å². The van der Waals surface area contributed by atoms with Crippen molar-refractivity contribution < 1.29 is 27.1 Å². The van der Waals surface area contributed by atoms with Crippen LogP contribution in [0.1, 0.15) is 20.8 Å². The average Bonchev–Trinajstić information content (AvgIpc) is 3.63. The van der Waals surface area contributed by atoms with Gasteiger partial charge in [0.05, 0.1) is 22.4 Å². The normalized spacial score (nSPS) is 11.5. The third-order valence-electron chi connectivity index (χ3n) is 8.23. The molecule has 0 atom stereocenters.